The monoisotopic (exact) mass is 452 g/mol. The van der Waals surface area contributed by atoms with Crippen molar-refractivity contribution in [2.24, 2.45) is 5.92 Å². The van der Waals surface area contributed by atoms with Crippen molar-refractivity contribution in [2.45, 2.75) is 37.3 Å². The van der Waals surface area contributed by atoms with Gasteiger partial charge in [0.15, 0.2) is 6.04 Å². The van der Waals surface area contributed by atoms with Crippen LogP contribution in [0.1, 0.15) is 36.3 Å². The zero-order chi connectivity index (χ0) is 23.4. The van der Waals surface area contributed by atoms with Crippen molar-refractivity contribution in [3.05, 3.63) is 59.7 Å². The first-order chi connectivity index (χ1) is 16.0. The second kappa shape index (κ2) is 10.0. The standard InChI is InChI=1S/C25H28N2O6/c1-32-14-22(24(29)30)26-23(28)21(12-15-10-11-15)27-25(31)33-13-20-18-8-4-2-6-16(18)17-7-3-5-9-19(17)20/h2-9,15,20-22H,10-14H2,1H3,(H,26,28)(H,27,31)(H,29,30)/t21-,22-/m0/s1. The van der Waals surface area contributed by atoms with Crippen LogP contribution in [-0.4, -0.2) is 55.5 Å². The van der Waals surface area contributed by atoms with Gasteiger partial charge in [-0.2, -0.15) is 0 Å². The molecule has 2 amide bonds. The van der Waals surface area contributed by atoms with Crippen LogP contribution in [0.2, 0.25) is 0 Å². The van der Waals surface area contributed by atoms with Gasteiger partial charge in [0, 0.05) is 13.0 Å². The highest BCUT2D eigenvalue weighted by molar-refractivity contribution is 5.89. The SMILES string of the molecule is COC[C@H](NC(=O)[C@H](CC1CC1)NC(=O)OCC1c2ccccc2-c2ccccc21)C(=O)O. The van der Waals surface area contributed by atoms with E-state index in [1.807, 2.05) is 36.4 Å². The molecule has 8 heteroatoms. The van der Waals surface area contributed by atoms with Gasteiger partial charge in [0.2, 0.25) is 5.91 Å². The van der Waals surface area contributed by atoms with Gasteiger partial charge in [-0.3, -0.25) is 4.79 Å². The smallest absolute Gasteiger partial charge is 0.407 e. The van der Waals surface area contributed by atoms with Crippen molar-refractivity contribution in [1.29, 1.82) is 0 Å². The molecule has 0 saturated heterocycles. The zero-order valence-electron chi connectivity index (χ0n) is 18.5. The second-order valence-electron chi connectivity index (χ2n) is 8.56. The van der Waals surface area contributed by atoms with Crippen molar-refractivity contribution in [3.63, 3.8) is 0 Å². The topological polar surface area (TPSA) is 114 Å². The molecule has 33 heavy (non-hydrogen) atoms. The summed E-state index contributed by atoms with van der Waals surface area (Å²) in [7, 11) is 1.36. The number of hydrogen-bond donors (Lipinski definition) is 3. The maximum absolute atomic E-state index is 12.7. The number of alkyl carbamates (subject to hydrolysis) is 1. The van der Waals surface area contributed by atoms with E-state index >= 15 is 0 Å². The largest absolute Gasteiger partial charge is 0.480 e. The van der Waals surface area contributed by atoms with E-state index in [9.17, 15) is 19.5 Å². The quantitative estimate of drug-likeness (QED) is 0.511. The third-order valence-corrected chi connectivity index (χ3v) is 6.17. The summed E-state index contributed by atoms with van der Waals surface area (Å²) in [4.78, 5) is 36.7. The molecule has 0 bridgehead atoms. The summed E-state index contributed by atoms with van der Waals surface area (Å²) in [5.74, 6) is -1.51. The van der Waals surface area contributed by atoms with Gasteiger partial charge in [-0.1, -0.05) is 61.4 Å². The highest BCUT2D eigenvalue weighted by Crippen LogP contribution is 2.44. The molecule has 2 aromatic carbocycles. The molecule has 2 aliphatic rings. The van der Waals surface area contributed by atoms with Crippen molar-refractivity contribution in [1.82, 2.24) is 10.6 Å². The van der Waals surface area contributed by atoms with Crippen LogP contribution >= 0.6 is 0 Å². The summed E-state index contributed by atoms with van der Waals surface area (Å²) < 4.78 is 10.4. The molecular formula is C25H28N2O6. The molecule has 8 nitrogen and oxygen atoms in total. The fourth-order valence-corrected chi connectivity index (χ4v) is 4.31. The molecule has 1 saturated carbocycles. The van der Waals surface area contributed by atoms with Crippen LogP contribution in [0.25, 0.3) is 11.1 Å². The molecule has 0 aliphatic heterocycles. The molecule has 2 atom stereocenters. The van der Waals surface area contributed by atoms with Gasteiger partial charge < -0.3 is 25.2 Å². The molecule has 1 fully saturated rings. The predicted molar refractivity (Wildman–Crippen MR) is 121 cm³/mol. The summed E-state index contributed by atoms with van der Waals surface area (Å²) >= 11 is 0. The molecule has 3 N–H and O–H groups in total. The molecule has 0 aromatic heterocycles. The number of fused-ring (bicyclic) bond motifs is 3. The minimum Gasteiger partial charge on any atom is -0.480 e. The molecule has 2 aromatic rings. The predicted octanol–water partition coefficient (Wildman–Crippen LogP) is 2.91. The first-order valence-electron chi connectivity index (χ1n) is 11.1. The van der Waals surface area contributed by atoms with Gasteiger partial charge in [-0.25, -0.2) is 9.59 Å². The second-order valence-corrected chi connectivity index (χ2v) is 8.56. The summed E-state index contributed by atoms with van der Waals surface area (Å²) in [6.45, 7) is -0.0266. The lowest BCUT2D eigenvalue weighted by Gasteiger charge is -2.21. The number of carboxylic acids is 1. The maximum atomic E-state index is 12.7. The Bertz CT molecular complexity index is 990. The number of hydrogen-bond acceptors (Lipinski definition) is 5. The van der Waals surface area contributed by atoms with Crippen LogP contribution in [0.4, 0.5) is 4.79 Å². The molecule has 2 aliphatic carbocycles. The maximum Gasteiger partial charge on any atom is 0.407 e. The van der Waals surface area contributed by atoms with E-state index in [-0.39, 0.29) is 19.1 Å². The highest BCUT2D eigenvalue weighted by atomic mass is 16.5. The van der Waals surface area contributed by atoms with Crippen LogP contribution in [0.3, 0.4) is 0 Å². The zero-order valence-corrected chi connectivity index (χ0v) is 18.5. The number of amides is 2. The molecule has 0 radical (unpaired) electrons. The number of carbonyl (C=O) groups is 3. The normalized spacial score (nSPS) is 16.3. The van der Waals surface area contributed by atoms with Crippen LogP contribution in [0.15, 0.2) is 48.5 Å². The Labute approximate surface area is 192 Å². The van der Waals surface area contributed by atoms with Gasteiger partial charge in [-0.15, -0.1) is 0 Å². The number of carbonyl (C=O) groups excluding carboxylic acids is 2. The Morgan fingerprint density at radius 2 is 1.58 bits per heavy atom. The average Bonchev–Trinajstić information content (AvgIpc) is 3.57. The van der Waals surface area contributed by atoms with Gasteiger partial charge >= 0.3 is 12.1 Å². The van der Waals surface area contributed by atoms with Crippen LogP contribution < -0.4 is 10.6 Å². The lowest BCUT2D eigenvalue weighted by atomic mass is 9.98. The molecule has 0 heterocycles. The molecule has 0 unspecified atom stereocenters. The molecule has 174 valence electrons. The number of methoxy groups -OCH3 is 1. The Balaban J connectivity index is 1.40. The number of benzene rings is 2. The minimum atomic E-state index is -1.20. The third kappa shape index (κ3) is 5.34. The Morgan fingerprint density at radius 1 is 0.970 bits per heavy atom. The summed E-state index contributed by atoms with van der Waals surface area (Å²) in [6, 6.07) is 14.0. The van der Waals surface area contributed by atoms with Crippen LogP contribution in [0.5, 0.6) is 0 Å². The lowest BCUT2D eigenvalue weighted by Crippen LogP contribution is -2.53. The fourth-order valence-electron chi connectivity index (χ4n) is 4.31. The van der Waals surface area contributed by atoms with E-state index in [0.717, 1.165) is 35.1 Å². The first-order valence-corrected chi connectivity index (χ1v) is 11.1. The van der Waals surface area contributed by atoms with Gasteiger partial charge in [0.05, 0.1) is 6.61 Å². The molecule has 0 spiro atoms. The third-order valence-electron chi connectivity index (χ3n) is 6.17. The van der Waals surface area contributed by atoms with E-state index in [1.165, 1.54) is 7.11 Å². The van der Waals surface area contributed by atoms with Crippen LogP contribution in [-0.2, 0) is 19.1 Å². The van der Waals surface area contributed by atoms with Crippen molar-refractivity contribution in [2.75, 3.05) is 20.3 Å². The van der Waals surface area contributed by atoms with E-state index in [2.05, 4.69) is 22.8 Å². The van der Waals surface area contributed by atoms with E-state index in [4.69, 9.17) is 9.47 Å². The first kappa shape index (κ1) is 22.8. The Kier molecular flexibility index (Phi) is 6.93. The summed E-state index contributed by atoms with van der Waals surface area (Å²) in [5, 5.41) is 14.4. The highest BCUT2D eigenvalue weighted by Gasteiger charge is 2.34. The Morgan fingerprint density at radius 3 is 2.12 bits per heavy atom. The van der Waals surface area contributed by atoms with Crippen molar-refractivity contribution in [3.8, 4) is 11.1 Å². The van der Waals surface area contributed by atoms with E-state index in [1.54, 1.807) is 0 Å². The summed E-state index contributed by atoms with van der Waals surface area (Å²) in [5.41, 5.74) is 4.46. The number of aliphatic carboxylic acids is 1. The molecule has 4 rings (SSSR count). The minimum absolute atomic E-state index is 0.0862. The van der Waals surface area contributed by atoms with Gasteiger partial charge in [0.1, 0.15) is 12.6 Å². The average molecular weight is 453 g/mol. The number of carboxylic acid groups (broad SMARTS) is 1. The van der Waals surface area contributed by atoms with Crippen molar-refractivity contribution < 1.29 is 29.0 Å². The fraction of sp³-hybridized carbons (Fsp3) is 0.400. The number of rotatable bonds is 10. The summed E-state index contributed by atoms with van der Waals surface area (Å²) in [6.07, 6.45) is 1.71. The lowest BCUT2D eigenvalue weighted by molar-refractivity contribution is -0.143. The van der Waals surface area contributed by atoms with Gasteiger partial charge in [0.25, 0.3) is 0 Å². The van der Waals surface area contributed by atoms with E-state index in [0.29, 0.717) is 12.3 Å². The van der Waals surface area contributed by atoms with Crippen molar-refractivity contribution >= 4 is 18.0 Å². The molecular weight excluding hydrogens is 424 g/mol. The number of nitrogens with one attached hydrogen (secondary N) is 2. The van der Waals surface area contributed by atoms with Crippen LogP contribution in [0, 0.1) is 5.92 Å². The van der Waals surface area contributed by atoms with E-state index < -0.39 is 30.1 Å². The van der Waals surface area contributed by atoms with Gasteiger partial charge in [-0.05, 0) is 34.6 Å². The Hall–Kier alpha value is -3.39. The number of ether oxygens (including phenoxy) is 2.